The molecule has 0 aliphatic carbocycles. The maximum Gasteiger partial charge on any atom is 0.255 e. The first-order chi connectivity index (χ1) is 14.7. The lowest BCUT2D eigenvalue weighted by Crippen LogP contribution is -2.33. The van der Waals surface area contributed by atoms with Crippen molar-refractivity contribution >= 4 is 23.2 Å². The van der Waals surface area contributed by atoms with Gasteiger partial charge in [-0.25, -0.2) is 0 Å². The van der Waals surface area contributed by atoms with Crippen LogP contribution in [0, 0.1) is 0 Å². The highest BCUT2D eigenvalue weighted by Crippen LogP contribution is 2.35. The van der Waals surface area contributed by atoms with Gasteiger partial charge in [0.2, 0.25) is 12.7 Å². The van der Waals surface area contributed by atoms with Crippen molar-refractivity contribution in [2.75, 3.05) is 6.79 Å². The van der Waals surface area contributed by atoms with E-state index in [4.69, 9.17) is 9.47 Å². The Kier molecular flexibility index (Phi) is 4.88. The van der Waals surface area contributed by atoms with E-state index in [-0.39, 0.29) is 31.1 Å². The van der Waals surface area contributed by atoms with E-state index in [1.165, 1.54) is 0 Å². The van der Waals surface area contributed by atoms with Gasteiger partial charge in [0, 0.05) is 23.5 Å². The van der Waals surface area contributed by atoms with Crippen molar-refractivity contribution < 1.29 is 19.1 Å². The van der Waals surface area contributed by atoms with E-state index in [0.717, 1.165) is 27.3 Å². The molecule has 3 heterocycles. The van der Waals surface area contributed by atoms with Crippen LogP contribution in [0.1, 0.15) is 38.8 Å². The summed E-state index contributed by atoms with van der Waals surface area (Å²) in [5.41, 5.74) is 2.66. The van der Waals surface area contributed by atoms with Crippen LogP contribution in [0.5, 0.6) is 11.5 Å². The molecule has 2 aliphatic heterocycles. The Balaban J connectivity index is 1.29. The molecule has 0 saturated heterocycles. The van der Waals surface area contributed by atoms with Gasteiger partial charge in [-0.1, -0.05) is 30.3 Å². The third kappa shape index (κ3) is 3.52. The minimum atomic E-state index is -0.290. The van der Waals surface area contributed by atoms with Crippen LogP contribution in [-0.4, -0.2) is 23.5 Å². The van der Waals surface area contributed by atoms with Crippen molar-refractivity contribution in [2.45, 2.75) is 25.6 Å². The first kappa shape index (κ1) is 18.7. The molecule has 6 nitrogen and oxygen atoms in total. The van der Waals surface area contributed by atoms with E-state index in [9.17, 15) is 9.59 Å². The molecule has 1 N–H and O–H groups in total. The second-order valence-electron chi connectivity index (χ2n) is 7.29. The molecule has 2 aromatic carbocycles. The van der Waals surface area contributed by atoms with Crippen LogP contribution in [-0.2, 0) is 17.9 Å². The molecule has 1 unspecified atom stereocenters. The number of carbonyl (C=O) groups excluding carboxylic acids is 2. The molecule has 0 radical (unpaired) electrons. The van der Waals surface area contributed by atoms with Crippen molar-refractivity contribution in [1.82, 2.24) is 10.2 Å². The number of thiophene rings is 1. The van der Waals surface area contributed by atoms with E-state index in [1.54, 1.807) is 16.2 Å². The Morgan fingerprint density at radius 3 is 2.80 bits per heavy atom. The lowest BCUT2D eigenvalue weighted by molar-refractivity contribution is -0.122. The van der Waals surface area contributed by atoms with Crippen LogP contribution < -0.4 is 14.8 Å². The summed E-state index contributed by atoms with van der Waals surface area (Å²) in [6.07, 6.45) is 0.213. The number of hydrogen-bond acceptors (Lipinski definition) is 5. The smallest absolute Gasteiger partial charge is 0.255 e. The summed E-state index contributed by atoms with van der Waals surface area (Å²) in [4.78, 5) is 28.6. The molecular formula is C23H20N2O4S. The molecule has 5 rings (SSSR count). The van der Waals surface area contributed by atoms with Gasteiger partial charge >= 0.3 is 0 Å². The predicted molar refractivity (Wildman–Crippen MR) is 112 cm³/mol. The quantitative estimate of drug-likeness (QED) is 0.657. The molecule has 1 atom stereocenters. The van der Waals surface area contributed by atoms with Gasteiger partial charge in [-0.05, 0) is 40.8 Å². The molecule has 1 aromatic heterocycles. The highest BCUT2D eigenvalue weighted by atomic mass is 32.1. The summed E-state index contributed by atoms with van der Waals surface area (Å²) >= 11 is 1.56. The molecule has 0 fully saturated rings. The Morgan fingerprint density at radius 2 is 1.97 bits per heavy atom. The summed E-state index contributed by atoms with van der Waals surface area (Å²) in [5.74, 6) is 1.29. The van der Waals surface area contributed by atoms with E-state index in [1.807, 2.05) is 60.0 Å². The third-order valence-corrected chi connectivity index (χ3v) is 6.38. The number of benzene rings is 2. The van der Waals surface area contributed by atoms with Gasteiger partial charge < -0.3 is 19.7 Å². The van der Waals surface area contributed by atoms with Crippen molar-refractivity contribution in [1.29, 1.82) is 0 Å². The SMILES string of the molecule is O=C(CC(c1cccs1)N1Cc2ccccc2C1=O)NCc1ccc2c(c1)OCO2. The van der Waals surface area contributed by atoms with E-state index >= 15 is 0 Å². The average Bonchev–Trinajstić information content (AvgIpc) is 3.51. The maximum atomic E-state index is 13.0. The van der Waals surface area contributed by atoms with E-state index in [2.05, 4.69) is 5.32 Å². The molecule has 2 aliphatic rings. The van der Waals surface area contributed by atoms with E-state index in [0.29, 0.717) is 18.8 Å². The molecule has 152 valence electrons. The number of ether oxygens (including phenoxy) is 2. The van der Waals surface area contributed by atoms with Gasteiger partial charge in [-0.3, -0.25) is 9.59 Å². The molecule has 0 spiro atoms. The number of nitrogens with one attached hydrogen (secondary N) is 1. The van der Waals surface area contributed by atoms with Crippen LogP contribution in [0.25, 0.3) is 0 Å². The molecular weight excluding hydrogens is 400 g/mol. The Labute approximate surface area is 178 Å². The monoisotopic (exact) mass is 420 g/mol. The molecule has 3 aromatic rings. The standard InChI is InChI=1S/C23H20N2O4S/c26-22(24-12-15-7-8-19-20(10-15)29-14-28-19)11-18(21-6-3-9-30-21)25-13-16-4-1-2-5-17(16)23(25)27/h1-10,18H,11-14H2,(H,24,26). The van der Waals surface area contributed by atoms with Crippen LogP contribution in [0.15, 0.2) is 60.0 Å². The summed E-state index contributed by atoms with van der Waals surface area (Å²) in [7, 11) is 0. The van der Waals surface area contributed by atoms with Crippen molar-refractivity contribution in [3.63, 3.8) is 0 Å². The van der Waals surface area contributed by atoms with Crippen LogP contribution in [0.2, 0.25) is 0 Å². The maximum absolute atomic E-state index is 13.0. The number of nitrogens with zero attached hydrogens (tertiary/aromatic N) is 1. The highest BCUT2D eigenvalue weighted by molar-refractivity contribution is 7.10. The van der Waals surface area contributed by atoms with Crippen LogP contribution in [0.4, 0.5) is 0 Å². The van der Waals surface area contributed by atoms with Gasteiger partial charge in [0.25, 0.3) is 5.91 Å². The highest BCUT2D eigenvalue weighted by Gasteiger charge is 2.34. The zero-order valence-corrected chi connectivity index (χ0v) is 17.0. The number of rotatable bonds is 6. The molecule has 30 heavy (non-hydrogen) atoms. The minimum absolute atomic E-state index is 0.0208. The second-order valence-corrected chi connectivity index (χ2v) is 8.27. The Morgan fingerprint density at radius 1 is 1.10 bits per heavy atom. The molecule has 0 saturated carbocycles. The number of hydrogen-bond donors (Lipinski definition) is 1. The van der Waals surface area contributed by atoms with Crippen molar-refractivity contribution in [2.24, 2.45) is 0 Å². The fraction of sp³-hybridized carbons (Fsp3) is 0.217. The Bertz CT molecular complexity index is 1100. The van der Waals surface area contributed by atoms with Crippen LogP contribution >= 0.6 is 11.3 Å². The first-order valence-electron chi connectivity index (χ1n) is 9.76. The first-order valence-corrected chi connectivity index (χ1v) is 10.6. The lowest BCUT2D eigenvalue weighted by atomic mass is 10.1. The van der Waals surface area contributed by atoms with Gasteiger partial charge in [0.1, 0.15) is 0 Å². The second kappa shape index (κ2) is 7.84. The molecule has 0 bridgehead atoms. The largest absolute Gasteiger partial charge is 0.454 e. The molecule has 7 heteroatoms. The fourth-order valence-corrected chi connectivity index (χ4v) is 4.71. The van der Waals surface area contributed by atoms with Gasteiger partial charge in [-0.2, -0.15) is 0 Å². The zero-order valence-electron chi connectivity index (χ0n) is 16.2. The molecule has 2 amide bonds. The van der Waals surface area contributed by atoms with E-state index < -0.39 is 0 Å². The zero-order chi connectivity index (χ0) is 20.5. The van der Waals surface area contributed by atoms with Crippen molar-refractivity contribution in [3.8, 4) is 11.5 Å². The summed E-state index contributed by atoms with van der Waals surface area (Å²) < 4.78 is 10.7. The topological polar surface area (TPSA) is 67.9 Å². The third-order valence-electron chi connectivity index (χ3n) is 5.40. The number of amides is 2. The fourth-order valence-electron chi connectivity index (χ4n) is 3.87. The number of carbonyl (C=O) groups is 2. The summed E-state index contributed by atoms with van der Waals surface area (Å²) in [6, 6.07) is 16.9. The number of fused-ring (bicyclic) bond motifs is 2. The van der Waals surface area contributed by atoms with Crippen LogP contribution in [0.3, 0.4) is 0 Å². The predicted octanol–water partition coefficient (Wildman–Crippen LogP) is 3.88. The minimum Gasteiger partial charge on any atom is -0.454 e. The van der Waals surface area contributed by atoms with Gasteiger partial charge in [0.05, 0.1) is 12.5 Å². The summed E-state index contributed by atoms with van der Waals surface area (Å²) in [6.45, 7) is 1.13. The van der Waals surface area contributed by atoms with Gasteiger partial charge in [0.15, 0.2) is 11.5 Å². The normalized spacial score (nSPS) is 15.2. The average molecular weight is 420 g/mol. The summed E-state index contributed by atoms with van der Waals surface area (Å²) in [5, 5.41) is 4.95. The Hall–Kier alpha value is -3.32. The lowest BCUT2D eigenvalue weighted by Gasteiger charge is -2.26. The van der Waals surface area contributed by atoms with Gasteiger partial charge in [-0.15, -0.1) is 11.3 Å². The van der Waals surface area contributed by atoms with Crippen molar-refractivity contribution in [3.05, 3.63) is 81.5 Å².